The molecule has 1 aliphatic rings. The summed E-state index contributed by atoms with van der Waals surface area (Å²) < 4.78 is 0. The Labute approximate surface area is 102 Å². The molecule has 16 heavy (non-hydrogen) atoms. The molecule has 1 aromatic heterocycles. The van der Waals surface area contributed by atoms with E-state index in [2.05, 4.69) is 22.4 Å². The van der Waals surface area contributed by atoms with Crippen LogP contribution in [0.4, 0.5) is 0 Å². The number of likely N-dealkylation sites (tertiary alicyclic amines) is 1. The van der Waals surface area contributed by atoms with E-state index in [-0.39, 0.29) is 6.61 Å². The molecule has 2 rings (SSSR count). The summed E-state index contributed by atoms with van der Waals surface area (Å²) in [5.41, 5.74) is 0. The number of hydrogen-bond acceptors (Lipinski definition) is 3. The zero-order valence-electron chi connectivity index (χ0n) is 9.77. The third-order valence-corrected chi connectivity index (χ3v) is 4.38. The molecule has 0 amide bonds. The highest BCUT2D eigenvalue weighted by atomic mass is 32.1. The van der Waals surface area contributed by atoms with Crippen LogP contribution in [0.5, 0.6) is 0 Å². The van der Waals surface area contributed by atoms with Crippen LogP contribution < -0.4 is 0 Å². The molecule has 0 bridgehead atoms. The van der Waals surface area contributed by atoms with E-state index in [1.54, 1.807) is 11.3 Å². The Kier molecular flexibility index (Phi) is 4.82. The average molecular weight is 239 g/mol. The molecule has 1 saturated heterocycles. The van der Waals surface area contributed by atoms with Crippen molar-refractivity contribution in [2.75, 3.05) is 26.2 Å². The molecule has 1 N–H and O–H groups in total. The SMILES string of the molecule is OCC(CN1CCCCCC1)c1cccs1. The molecule has 2 heterocycles. The van der Waals surface area contributed by atoms with Crippen molar-refractivity contribution in [2.45, 2.75) is 31.6 Å². The fraction of sp³-hybridized carbons (Fsp3) is 0.692. The van der Waals surface area contributed by atoms with Crippen molar-refractivity contribution >= 4 is 11.3 Å². The Hall–Kier alpha value is -0.380. The summed E-state index contributed by atoms with van der Waals surface area (Å²) in [6, 6.07) is 4.22. The zero-order chi connectivity index (χ0) is 11.2. The molecular formula is C13H21NOS. The minimum Gasteiger partial charge on any atom is -0.396 e. The first-order valence-corrected chi connectivity index (χ1v) is 7.14. The van der Waals surface area contributed by atoms with Gasteiger partial charge >= 0.3 is 0 Å². The van der Waals surface area contributed by atoms with Gasteiger partial charge in [0.15, 0.2) is 0 Å². The molecule has 0 aromatic carbocycles. The van der Waals surface area contributed by atoms with Crippen LogP contribution in [0.25, 0.3) is 0 Å². The molecule has 3 heteroatoms. The number of rotatable bonds is 4. The van der Waals surface area contributed by atoms with Gasteiger partial charge in [0.1, 0.15) is 0 Å². The second-order valence-electron chi connectivity index (χ2n) is 4.61. The summed E-state index contributed by atoms with van der Waals surface area (Å²) in [6.07, 6.45) is 5.39. The van der Waals surface area contributed by atoms with Gasteiger partial charge < -0.3 is 10.0 Å². The molecule has 1 fully saturated rings. The Bertz CT molecular complexity index is 278. The molecule has 0 spiro atoms. The van der Waals surface area contributed by atoms with E-state index in [1.165, 1.54) is 43.6 Å². The van der Waals surface area contributed by atoms with E-state index < -0.39 is 0 Å². The van der Waals surface area contributed by atoms with Crippen LogP contribution in [0.15, 0.2) is 17.5 Å². The first-order valence-electron chi connectivity index (χ1n) is 6.27. The van der Waals surface area contributed by atoms with Crippen molar-refractivity contribution in [1.29, 1.82) is 0 Å². The van der Waals surface area contributed by atoms with E-state index in [4.69, 9.17) is 0 Å². The highest BCUT2D eigenvalue weighted by Gasteiger charge is 2.17. The molecule has 1 unspecified atom stereocenters. The summed E-state index contributed by atoms with van der Waals surface area (Å²) in [4.78, 5) is 3.85. The van der Waals surface area contributed by atoms with Crippen molar-refractivity contribution in [1.82, 2.24) is 4.90 Å². The molecule has 0 radical (unpaired) electrons. The van der Waals surface area contributed by atoms with Crippen molar-refractivity contribution in [3.8, 4) is 0 Å². The van der Waals surface area contributed by atoms with E-state index in [1.807, 2.05) is 0 Å². The number of thiophene rings is 1. The Morgan fingerprint density at radius 3 is 2.56 bits per heavy atom. The zero-order valence-corrected chi connectivity index (χ0v) is 10.6. The van der Waals surface area contributed by atoms with Gasteiger partial charge in [0.05, 0.1) is 6.61 Å². The van der Waals surface area contributed by atoms with Crippen LogP contribution in [0, 0.1) is 0 Å². The highest BCUT2D eigenvalue weighted by molar-refractivity contribution is 7.10. The van der Waals surface area contributed by atoms with Gasteiger partial charge in [-0.15, -0.1) is 11.3 Å². The maximum Gasteiger partial charge on any atom is 0.0520 e. The van der Waals surface area contributed by atoms with Crippen LogP contribution in [-0.2, 0) is 0 Å². The topological polar surface area (TPSA) is 23.5 Å². The molecule has 1 atom stereocenters. The third-order valence-electron chi connectivity index (χ3n) is 3.34. The first kappa shape index (κ1) is 12.1. The summed E-state index contributed by atoms with van der Waals surface area (Å²) in [6.45, 7) is 3.72. The predicted molar refractivity (Wildman–Crippen MR) is 69.1 cm³/mol. The predicted octanol–water partition coefficient (Wildman–Crippen LogP) is 2.70. The monoisotopic (exact) mass is 239 g/mol. The van der Waals surface area contributed by atoms with E-state index in [0.29, 0.717) is 5.92 Å². The van der Waals surface area contributed by atoms with Crippen LogP contribution in [0.2, 0.25) is 0 Å². The van der Waals surface area contributed by atoms with Gasteiger partial charge in [-0.3, -0.25) is 0 Å². The third kappa shape index (κ3) is 3.30. The van der Waals surface area contributed by atoms with Crippen LogP contribution >= 0.6 is 11.3 Å². The number of hydrogen-bond donors (Lipinski definition) is 1. The van der Waals surface area contributed by atoms with Gasteiger partial charge in [-0.1, -0.05) is 18.9 Å². The standard InChI is InChI=1S/C13H21NOS/c15-11-12(13-6-5-9-16-13)10-14-7-3-1-2-4-8-14/h5-6,9,12,15H,1-4,7-8,10-11H2. The first-order chi connectivity index (χ1) is 7.90. The lowest BCUT2D eigenvalue weighted by Gasteiger charge is -2.24. The summed E-state index contributed by atoms with van der Waals surface area (Å²) >= 11 is 1.76. The molecule has 0 aliphatic carbocycles. The molecule has 1 aliphatic heterocycles. The maximum absolute atomic E-state index is 9.48. The molecule has 2 nitrogen and oxygen atoms in total. The molecular weight excluding hydrogens is 218 g/mol. The Balaban J connectivity index is 1.90. The maximum atomic E-state index is 9.48. The highest BCUT2D eigenvalue weighted by Crippen LogP contribution is 2.23. The van der Waals surface area contributed by atoms with E-state index in [0.717, 1.165) is 6.54 Å². The second-order valence-corrected chi connectivity index (χ2v) is 5.59. The van der Waals surface area contributed by atoms with Crippen LogP contribution in [0.1, 0.15) is 36.5 Å². The van der Waals surface area contributed by atoms with E-state index >= 15 is 0 Å². The largest absolute Gasteiger partial charge is 0.396 e. The molecule has 0 saturated carbocycles. The fourth-order valence-electron chi connectivity index (χ4n) is 2.39. The van der Waals surface area contributed by atoms with Crippen molar-refractivity contribution < 1.29 is 5.11 Å². The van der Waals surface area contributed by atoms with Gasteiger partial charge in [-0.25, -0.2) is 0 Å². The number of aliphatic hydroxyl groups is 1. The quantitative estimate of drug-likeness (QED) is 0.873. The van der Waals surface area contributed by atoms with Gasteiger partial charge in [0.25, 0.3) is 0 Å². The van der Waals surface area contributed by atoms with Gasteiger partial charge in [0, 0.05) is 17.3 Å². The number of nitrogens with zero attached hydrogens (tertiary/aromatic N) is 1. The van der Waals surface area contributed by atoms with Crippen LogP contribution in [-0.4, -0.2) is 36.2 Å². The number of aliphatic hydroxyl groups excluding tert-OH is 1. The van der Waals surface area contributed by atoms with Crippen molar-refractivity contribution in [2.24, 2.45) is 0 Å². The lowest BCUT2D eigenvalue weighted by Crippen LogP contribution is -2.30. The summed E-state index contributed by atoms with van der Waals surface area (Å²) in [5.74, 6) is 0.318. The summed E-state index contributed by atoms with van der Waals surface area (Å²) in [5, 5.41) is 11.6. The van der Waals surface area contributed by atoms with Gasteiger partial charge in [0.2, 0.25) is 0 Å². The summed E-state index contributed by atoms with van der Waals surface area (Å²) in [7, 11) is 0. The van der Waals surface area contributed by atoms with Crippen molar-refractivity contribution in [3.05, 3.63) is 22.4 Å². The van der Waals surface area contributed by atoms with Crippen LogP contribution in [0.3, 0.4) is 0 Å². The Morgan fingerprint density at radius 1 is 1.25 bits per heavy atom. The normalized spacial score (nSPS) is 20.6. The minimum atomic E-state index is 0.275. The van der Waals surface area contributed by atoms with Gasteiger partial charge in [-0.2, -0.15) is 0 Å². The van der Waals surface area contributed by atoms with Gasteiger partial charge in [-0.05, 0) is 37.4 Å². The lowest BCUT2D eigenvalue weighted by molar-refractivity contribution is 0.205. The fourth-order valence-corrected chi connectivity index (χ4v) is 3.20. The molecule has 90 valence electrons. The minimum absolute atomic E-state index is 0.275. The average Bonchev–Trinajstić information content (AvgIpc) is 2.71. The smallest absolute Gasteiger partial charge is 0.0520 e. The molecule has 1 aromatic rings. The van der Waals surface area contributed by atoms with Crippen molar-refractivity contribution in [3.63, 3.8) is 0 Å². The second kappa shape index (κ2) is 6.38. The lowest BCUT2D eigenvalue weighted by atomic mass is 10.1. The van der Waals surface area contributed by atoms with E-state index in [9.17, 15) is 5.11 Å². The Morgan fingerprint density at radius 2 is 2.00 bits per heavy atom.